The van der Waals surface area contributed by atoms with E-state index in [1.54, 1.807) is 29.4 Å². The minimum Gasteiger partial charge on any atom is -0.337 e. The zero-order valence-electron chi connectivity index (χ0n) is 15.3. The first-order valence-electron chi connectivity index (χ1n) is 8.43. The largest absolute Gasteiger partial charge is 0.337 e. The second kappa shape index (κ2) is 8.12. The summed E-state index contributed by atoms with van der Waals surface area (Å²) in [5.74, 6) is -0.730. The molecule has 0 aliphatic heterocycles. The number of nitrogens with one attached hydrogen (secondary N) is 1. The fraction of sp³-hybridized carbons (Fsp3) is 0.150. The van der Waals surface area contributed by atoms with Crippen LogP contribution in [0.5, 0.6) is 0 Å². The third-order valence-corrected chi connectivity index (χ3v) is 6.57. The number of sulfonamides is 1. The molecule has 8 heteroatoms. The van der Waals surface area contributed by atoms with Crippen LogP contribution in [-0.4, -0.2) is 26.3 Å². The van der Waals surface area contributed by atoms with Crippen LogP contribution in [0.15, 0.2) is 64.9 Å². The van der Waals surface area contributed by atoms with Crippen molar-refractivity contribution in [2.24, 2.45) is 0 Å². The van der Waals surface area contributed by atoms with E-state index >= 15 is 0 Å². The minimum absolute atomic E-state index is 0.0385. The standard InChI is InChI=1S/C20H19FN2O3S2/c1-14-10-11-27-19(14)13-23(2)20(24)15-4-3-5-18(12-15)28(25,26)22-17-8-6-16(21)7-9-17/h3-12,22H,13H2,1-2H3. The summed E-state index contributed by atoms with van der Waals surface area (Å²) >= 11 is 1.57. The van der Waals surface area contributed by atoms with Gasteiger partial charge in [0.1, 0.15) is 5.82 Å². The zero-order valence-corrected chi connectivity index (χ0v) is 17.0. The maximum atomic E-state index is 13.0. The second-order valence-corrected chi connectivity index (χ2v) is 9.01. The van der Waals surface area contributed by atoms with E-state index in [4.69, 9.17) is 0 Å². The summed E-state index contributed by atoms with van der Waals surface area (Å²) in [5, 5.41) is 1.97. The average molecular weight is 419 g/mol. The van der Waals surface area contributed by atoms with Gasteiger partial charge in [-0.05, 0) is 66.4 Å². The molecular weight excluding hydrogens is 399 g/mol. The van der Waals surface area contributed by atoms with Gasteiger partial charge < -0.3 is 4.90 Å². The van der Waals surface area contributed by atoms with Crippen molar-refractivity contribution in [1.29, 1.82) is 0 Å². The summed E-state index contributed by atoms with van der Waals surface area (Å²) in [7, 11) is -2.23. The van der Waals surface area contributed by atoms with Crippen LogP contribution in [0.1, 0.15) is 20.8 Å². The molecule has 0 aliphatic rings. The minimum atomic E-state index is -3.91. The SMILES string of the molecule is Cc1ccsc1CN(C)C(=O)c1cccc(S(=O)(=O)Nc2ccc(F)cc2)c1. The van der Waals surface area contributed by atoms with Crippen LogP contribution < -0.4 is 4.72 Å². The highest BCUT2D eigenvalue weighted by atomic mass is 32.2. The molecule has 2 aromatic carbocycles. The Morgan fingerprint density at radius 3 is 2.50 bits per heavy atom. The van der Waals surface area contributed by atoms with Crippen LogP contribution in [0, 0.1) is 12.7 Å². The molecule has 0 bridgehead atoms. The molecule has 3 rings (SSSR count). The zero-order chi connectivity index (χ0) is 20.3. The molecule has 0 saturated heterocycles. The van der Waals surface area contributed by atoms with Crippen LogP contribution in [0.2, 0.25) is 0 Å². The first kappa shape index (κ1) is 20.0. The monoisotopic (exact) mass is 418 g/mol. The van der Waals surface area contributed by atoms with Crippen molar-refractivity contribution in [3.8, 4) is 0 Å². The van der Waals surface area contributed by atoms with Gasteiger partial charge in [0.25, 0.3) is 15.9 Å². The smallest absolute Gasteiger partial charge is 0.261 e. The molecule has 0 unspecified atom stereocenters. The molecule has 0 atom stereocenters. The van der Waals surface area contributed by atoms with Crippen molar-refractivity contribution < 1.29 is 17.6 Å². The Morgan fingerprint density at radius 1 is 1.14 bits per heavy atom. The molecule has 0 fully saturated rings. The third kappa shape index (κ3) is 4.58. The Bertz CT molecular complexity index is 1090. The van der Waals surface area contributed by atoms with Crippen molar-refractivity contribution in [2.45, 2.75) is 18.4 Å². The molecule has 1 aromatic heterocycles. The fourth-order valence-corrected chi connectivity index (χ4v) is 4.66. The van der Waals surface area contributed by atoms with Crippen molar-refractivity contribution >= 4 is 33.0 Å². The molecule has 0 radical (unpaired) electrons. The first-order valence-corrected chi connectivity index (χ1v) is 10.8. The van der Waals surface area contributed by atoms with E-state index in [-0.39, 0.29) is 22.1 Å². The number of carbonyl (C=O) groups excluding carboxylic acids is 1. The second-order valence-electron chi connectivity index (χ2n) is 6.33. The van der Waals surface area contributed by atoms with E-state index < -0.39 is 15.8 Å². The number of halogens is 1. The predicted molar refractivity (Wildman–Crippen MR) is 109 cm³/mol. The summed E-state index contributed by atoms with van der Waals surface area (Å²) in [6.45, 7) is 2.44. The highest BCUT2D eigenvalue weighted by molar-refractivity contribution is 7.92. The maximum absolute atomic E-state index is 13.0. The first-order chi connectivity index (χ1) is 13.3. The van der Waals surface area contributed by atoms with Gasteiger partial charge in [0.05, 0.1) is 11.4 Å². The summed E-state index contributed by atoms with van der Waals surface area (Å²) in [6.07, 6.45) is 0. The summed E-state index contributed by atoms with van der Waals surface area (Å²) in [5.41, 5.74) is 1.63. The van der Waals surface area contributed by atoms with Crippen LogP contribution in [-0.2, 0) is 16.6 Å². The average Bonchev–Trinajstić information content (AvgIpc) is 3.07. The van der Waals surface area contributed by atoms with Crippen molar-refractivity contribution in [2.75, 3.05) is 11.8 Å². The predicted octanol–water partition coefficient (Wildman–Crippen LogP) is 4.27. The van der Waals surface area contributed by atoms with E-state index in [9.17, 15) is 17.6 Å². The number of hydrogen-bond acceptors (Lipinski definition) is 4. The van der Waals surface area contributed by atoms with Crippen molar-refractivity contribution in [1.82, 2.24) is 4.90 Å². The number of nitrogens with zero attached hydrogens (tertiary/aromatic N) is 1. The molecule has 0 spiro atoms. The van der Waals surface area contributed by atoms with Crippen molar-refractivity contribution in [3.63, 3.8) is 0 Å². The number of carbonyl (C=O) groups is 1. The van der Waals surface area contributed by atoms with Crippen LogP contribution in [0.4, 0.5) is 10.1 Å². The lowest BCUT2D eigenvalue weighted by atomic mass is 10.2. The molecule has 5 nitrogen and oxygen atoms in total. The lowest BCUT2D eigenvalue weighted by molar-refractivity contribution is 0.0786. The van der Waals surface area contributed by atoms with E-state index in [2.05, 4.69) is 4.72 Å². The van der Waals surface area contributed by atoms with E-state index in [0.29, 0.717) is 6.54 Å². The summed E-state index contributed by atoms with van der Waals surface area (Å²) < 4.78 is 40.6. The van der Waals surface area contributed by atoms with Gasteiger partial charge in [-0.1, -0.05) is 6.07 Å². The number of amides is 1. The molecule has 1 heterocycles. The quantitative estimate of drug-likeness (QED) is 0.650. The molecule has 28 heavy (non-hydrogen) atoms. The Hall–Kier alpha value is -2.71. The van der Waals surface area contributed by atoms with Gasteiger partial charge in [0, 0.05) is 23.2 Å². The van der Waals surface area contributed by atoms with Crippen LogP contribution in [0.25, 0.3) is 0 Å². The molecular formula is C20H19FN2O3S2. The Morgan fingerprint density at radius 2 is 1.86 bits per heavy atom. The Balaban J connectivity index is 1.79. The summed E-state index contributed by atoms with van der Waals surface area (Å²) in [6, 6.07) is 12.8. The molecule has 1 N–H and O–H groups in total. The van der Waals surface area contributed by atoms with Crippen LogP contribution >= 0.6 is 11.3 Å². The highest BCUT2D eigenvalue weighted by Gasteiger charge is 2.19. The number of benzene rings is 2. The lowest BCUT2D eigenvalue weighted by Crippen LogP contribution is -2.26. The number of thiophene rings is 1. The van der Waals surface area contributed by atoms with Crippen LogP contribution in [0.3, 0.4) is 0 Å². The van der Waals surface area contributed by atoms with Gasteiger partial charge in [-0.15, -0.1) is 11.3 Å². The molecule has 146 valence electrons. The molecule has 3 aromatic rings. The van der Waals surface area contributed by atoms with Gasteiger partial charge in [-0.3, -0.25) is 9.52 Å². The van der Waals surface area contributed by atoms with Gasteiger partial charge in [0.2, 0.25) is 0 Å². The Kier molecular flexibility index (Phi) is 5.81. The van der Waals surface area contributed by atoms with Gasteiger partial charge in [0.15, 0.2) is 0 Å². The highest BCUT2D eigenvalue weighted by Crippen LogP contribution is 2.21. The fourth-order valence-electron chi connectivity index (χ4n) is 2.60. The molecule has 1 amide bonds. The lowest BCUT2D eigenvalue weighted by Gasteiger charge is -2.17. The van der Waals surface area contributed by atoms with E-state index in [0.717, 1.165) is 10.4 Å². The number of hydrogen-bond donors (Lipinski definition) is 1. The Labute approximate surface area is 167 Å². The van der Waals surface area contributed by atoms with Gasteiger partial charge in [-0.25, -0.2) is 12.8 Å². The normalized spacial score (nSPS) is 11.2. The van der Waals surface area contributed by atoms with Gasteiger partial charge in [-0.2, -0.15) is 0 Å². The topological polar surface area (TPSA) is 66.5 Å². The van der Waals surface area contributed by atoms with E-state index in [1.165, 1.54) is 42.5 Å². The molecule has 0 saturated carbocycles. The van der Waals surface area contributed by atoms with E-state index in [1.807, 2.05) is 18.4 Å². The maximum Gasteiger partial charge on any atom is 0.261 e. The number of anilines is 1. The van der Waals surface area contributed by atoms with Crippen molar-refractivity contribution in [3.05, 3.63) is 81.8 Å². The third-order valence-electron chi connectivity index (χ3n) is 4.18. The molecule has 0 aliphatic carbocycles. The number of aryl methyl sites for hydroxylation is 1. The number of rotatable bonds is 6. The summed E-state index contributed by atoms with van der Waals surface area (Å²) in [4.78, 5) is 15.3. The van der Waals surface area contributed by atoms with Gasteiger partial charge >= 0.3 is 0 Å².